The van der Waals surface area contributed by atoms with Crippen molar-refractivity contribution in [3.63, 3.8) is 0 Å². The Bertz CT molecular complexity index is 715. The maximum absolute atomic E-state index is 12.2. The van der Waals surface area contributed by atoms with Crippen molar-refractivity contribution in [2.75, 3.05) is 25.0 Å². The maximum atomic E-state index is 12.2. The summed E-state index contributed by atoms with van der Waals surface area (Å²) in [5.74, 6) is 0.595. The highest BCUT2D eigenvalue weighted by Gasteiger charge is 2.20. The molecule has 1 aliphatic heterocycles. The number of hydrogen-bond donors (Lipinski definition) is 1. The summed E-state index contributed by atoms with van der Waals surface area (Å²) in [5, 5.41) is 4.46. The molecule has 1 aromatic heterocycles. The number of likely N-dealkylation sites (tertiary alicyclic amines) is 1. The summed E-state index contributed by atoms with van der Waals surface area (Å²) in [5.41, 5.74) is 1.41. The van der Waals surface area contributed by atoms with Gasteiger partial charge in [0.05, 0.1) is 12.4 Å². The number of amides is 1. The van der Waals surface area contributed by atoms with Gasteiger partial charge in [0.2, 0.25) is 0 Å². The summed E-state index contributed by atoms with van der Waals surface area (Å²) < 4.78 is 0. The van der Waals surface area contributed by atoms with Crippen LogP contribution < -0.4 is 5.32 Å². The Morgan fingerprint density at radius 1 is 1.17 bits per heavy atom. The van der Waals surface area contributed by atoms with Gasteiger partial charge < -0.3 is 10.2 Å². The van der Waals surface area contributed by atoms with Crippen molar-refractivity contribution in [2.45, 2.75) is 19.3 Å². The summed E-state index contributed by atoms with van der Waals surface area (Å²) in [6.45, 7) is 2.28. The molecule has 5 nitrogen and oxygen atoms in total. The van der Waals surface area contributed by atoms with Gasteiger partial charge in [-0.2, -0.15) is 0 Å². The molecule has 0 bridgehead atoms. The molecule has 0 saturated carbocycles. The van der Waals surface area contributed by atoms with Crippen LogP contribution in [0.5, 0.6) is 0 Å². The number of nitrogens with zero attached hydrogens (tertiary/aromatic N) is 3. The SMILES string of the molecule is O=C(c1cnc(NCCc2ccc(Cl)cc2Cl)cn1)N1CCCC1. The summed E-state index contributed by atoms with van der Waals surface area (Å²) in [6.07, 6.45) is 5.98. The van der Waals surface area contributed by atoms with Gasteiger partial charge in [0, 0.05) is 29.7 Å². The predicted octanol–water partition coefficient (Wildman–Crippen LogP) is 3.67. The third kappa shape index (κ3) is 4.16. The lowest BCUT2D eigenvalue weighted by Gasteiger charge is -2.14. The molecule has 1 aliphatic rings. The molecule has 1 saturated heterocycles. The van der Waals surface area contributed by atoms with Crippen molar-refractivity contribution < 1.29 is 4.79 Å². The van der Waals surface area contributed by atoms with Crippen LogP contribution in [0.1, 0.15) is 28.9 Å². The molecule has 0 radical (unpaired) electrons. The van der Waals surface area contributed by atoms with Crippen molar-refractivity contribution in [2.24, 2.45) is 0 Å². The quantitative estimate of drug-likeness (QED) is 0.878. The number of carbonyl (C=O) groups is 1. The molecule has 2 aromatic rings. The van der Waals surface area contributed by atoms with Crippen molar-refractivity contribution in [1.29, 1.82) is 0 Å². The van der Waals surface area contributed by atoms with Crippen LogP contribution in [-0.4, -0.2) is 40.4 Å². The molecule has 0 spiro atoms. The minimum atomic E-state index is -0.0421. The second kappa shape index (κ2) is 7.81. The predicted molar refractivity (Wildman–Crippen MR) is 95.8 cm³/mol. The van der Waals surface area contributed by atoms with E-state index in [0.29, 0.717) is 28.1 Å². The molecular formula is C17H18Cl2N4O. The molecule has 2 heterocycles. The summed E-state index contributed by atoms with van der Waals surface area (Å²) in [4.78, 5) is 22.5. The highest BCUT2D eigenvalue weighted by atomic mass is 35.5. The van der Waals surface area contributed by atoms with Gasteiger partial charge in [-0.05, 0) is 37.0 Å². The number of anilines is 1. The van der Waals surface area contributed by atoms with Crippen molar-refractivity contribution >= 4 is 34.9 Å². The average molecular weight is 365 g/mol. The van der Waals surface area contributed by atoms with Gasteiger partial charge in [-0.3, -0.25) is 4.79 Å². The fraction of sp³-hybridized carbons (Fsp3) is 0.353. The lowest BCUT2D eigenvalue weighted by atomic mass is 10.1. The Labute approximate surface area is 151 Å². The number of rotatable bonds is 5. The molecule has 1 amide bonds. The van der Waals surface area contributed by atoms with E-state index in [1.807, 2.05) is 17.0 Å². The molecule has 0 unspecified atom stereocenters. The zero-order chi connectivity index (χ0) is 16.9. The van der Waals surface area contributed by atoms with Crippen LogP contribution in [0.2, 0.25) is 10.0 Å². The second-order valence-electron chi connectivity index (χ2n) is 5.70. The first-order chi connectivity index (χ1) is 11.6. The fourth-order valence-electron chi connectivity index (χ4n) is 2.66. The van der Waals surface area contributed by atoms with E-state index in [9.17, 15) is 4.79 Å². The lowest BCUT2D eigenvalue weighted by molar-refractivity contribution is 0.0786. The Balaban J connectivity index is 1.53. The summed E-state index contributed by atoms with van der Waals surface area (Å²) >= 11 is 12.0. The standard InChI is InChI=1S/C17H18Cl2N4O/c18-13-4-3-12(14(19)9-13)5-6-20-16-11-21-15(10-22-16)17(24)23-7-1-2-8-23/h3-4,9-11H,1-2,5-8H2,(H,20,22). The molecule has 3 rings (SSSR count). The van der Waals surface area contributed by atoms with E-state index < -0.39 is 0 Å². The van der Waals surface area contributed by atoms with E-state index in [1.54, 1.807) is 12.3 Å². The Morgan fingerprint density at radius 3 is 2.62 bits per heavy atom. The minimum absolute atomic E-state index is 0.0421. The van der Waals surface area contributed by atoms with Gasteiger partial charge in [0.15, 0.2) is 0 Å². The Kier molecular flexibility index (Phi) is 5.53. The molecule has 1 aromatic carbocycles. The van der Waals surface area contributed by atoms with Gasteiger partial charge >= 0.3 is 0 Å². The molecule has 1 N–H and O–H groups in total. The zero-order valence-electron chi connectivity index (χ0n) is 13.1. The minimum Gasteiger partial charge on any atom is -0.368 e. The third-order valence-corrected chi connectivity index (χ3v) is 4.57. The Morgan fingerprint density at radius 2 is 1.96 bits per heavy atom. The smallest absolute Gasteiger partial charge is 0.274 e. The van der Waals surface area contributed by atoms with Gasteiger partial charge in [-0.25, -0.2) is 9.97 Å². The molecule has 24 heavy (non-hydrogen) atoms. The molecule has 0 aliphatic carbocycles. The van der Waals surface area contributed by atoms with Crippen molar-refractivity contribution in [1.82, 2.24) is 14.9 Å². The van der Waals surface area contributed by atoms with Crippen molar-refractivity contribution in [3.05, 3.63) is 51.9 Å². The zero-order valence-corrected chi connectivity index (χ0v) is 14.6. The first-order valence-corrected chi connectivity index (χ1v) is 8.68. The van der Waals surface area contributed by atoms with E-state index in [-0.39, 0.29) is 5.91 Å². The first-order valence-electron chi connectivity index (χ1n) is 7.92. The van der Waals surface area contributed by atoms with Gasteiger partial charge in [-0.1, -0.05) is 29.3 Å². The van der Waals surface area contributed by atoms with Gasteiger partial charge in [0.25, 0.3) is 5.91 Å². The fourth-order valence-corrected chi connectivity index (χ4v) is 3.16. The van der Waals surface area contributed by atoms with Crippen LogP contribution in [-0.2, 0) is 6.42 Å². The maximum Gasteiger partial charge on any atom is 0.274 e. The van der Waals surface area contributed by atoms with E-state index in [4.69, 9.17) is 23.2 Å². The molecule has 1 fully saturated rings. The van der Waals surface area contributed by atoms with E-state index in [2.05, 4.69) is 15.3 Å². The molecule has 7 heteroatoms. The average Bonchev–Trinajstić information content (AvgIpc) is 3.11. The summed E-state index contributed by atoms with van der Waals surface area (Å²) in [7, 11) is 0. The van der Waals surface area contributed by atoms with Crippen molar-refractivity contribution in [3.8, 4) is 0 Å². The third-order valence-electron chi connectivity index (χ3n) is 3.98. The van der Waals surface area contributed by atoms with Gasteiger partial charge in [-0.15, -0.1) is 0 Å². The number of benzene rings is 1. The van der Waals surface area contributed by atoms with Crippen LogP contribution in [0.3, 0.4) is 0 Å². The van der Waals surface area contributed by atoms with E-state index in [1.165, 1.54) is 6.20 Å². The second-order valence-corrected chi connectivity index (χ2v) is 6.54. The number of nitrogens with one attached hydrogen (secondary N) is 1. The molecule has 126 valence electrons. The molecule has 0 atom stereocenters. The summed E-state index contributed by atoms with van der Waals surface area (Å²) in [6, 6.07) is 5.47. The first kappa shape index (κ1) is 17.0. The normalized spacial score (nSPS) is 14.0. The largest absolute Gasteiger partial charge is 0.368 e. The monoisotopic (exact) mass is 364 g/mol. The molecular weight excluding hydrogens is 347 g/mol. The number of carbonyl (C=O) groups excluding carboxylic acids is 1. The number of halogens is 2. The van der Waals surface area contributed by atoms with Crippen LogP contribution in [0.15, 0.2) is 30.6 Å². The highest BCUT2D eigenvalue weighted by molar-refractivity contribution is 6.35. The van der Waals surface area contributed by atoms with Crippen LogP contribution in [0.4, 0.5) is 5.82 Å². The highest BCUT2D eigenvalue weighted by Crippen LogP contribution is 2.21. The topological polar surface area (TPSA) is 58.1 Å². The van der Waals surface area contributed by atoms with Crippen LogP contribution in [0, 0.1) is 0 Å². The van der Waals surface area contributed by atoms with Crippen LogP contribution in [0.25, 0.3) is 0 Å². The number of hydrogen-bond acceptors (Lipinski definition) is 4. The van der Waals surface area contributed by atoms with E-state index >= 15 is 0 Å². The van der Waals surface area contributed by atoms with E-state index in [0.717, 1.165) is 37.9 Å². The number of aromatic nitrogens is 2. The van der Waals surface area contributed by atoms with Crippen LogP contribution >= 0.6 is 23.2 Å². The lowest BCUT2D eigenvalue weighted by Crippen LogP contribution is -2.28. The Hall–Kier alpha value is -1.85. The van der Waals surface area contributed by atoms with Gasteiger partial charge in [0.1, 0.15) is 11.5 Å².